The Bertz CT molecular complexity index is 318. The zero-order valence-electron chi connectivity index (χ0n) is 9.73. The number of hydrogen-bond donors (Lipinski definition) is 3. The van der Waals surface area contributed by atoms with E-state index in [1.54, 1.807) is 6.07 Å². The van der Waals surface area contributed by atoms with Gasteiger partial charge in [-0.2, -0.15) is 0 Å². The van der Waals surface area contributed by atoms with Crippen molar-refractivity contribution in [1.29, 1.82) is 0 Å². The maximum atomic E-state index is 9.32. The smallest absolute Gasteiger partial charge is 0.157 e. The second kappa shape index (κ2) is 7.52. The molecule has 0 radical (unpaired) electrons. The van der Waals surface area contributed by atoms with Crippen LogP contribution >= 0.6 is 17.0 Å². The molecule has 1 unspecified atom stereocenters. The second-order valence-electron chi connectivity index (χ2n) is 3.88. The van der Waals surface area contributed by atoms with Crippen molar-refractivity contribution in [2.45, 2.75) is 32.7 Å². The molecule has 3 nitrogen and oxygen atoms in total. The number of aromatic hydroxyl groups is 2. The van der Waals surface area contributed by atoms with E-state index in [9.17, 15) is 5.11 Å². The summed E-state index contributed by atoms with van der Waals surface area (Å²) in [6.45, 7) is 5.25. The number of hydrogen-bond acceptors (Lipinski definition) is 3. The van der Waals surface area contributed by atoms with Crippen molar-refractivity contribution in [2.75, 3.05) is 6.54 Å². The van der Waals surface area contributed by atoms with Gasteiger partial charge < -0.3 is 15.5 Å². The van der Waals surface area contributed by atoms with Crippen LogP contribution in [0.25, 0.3) is 0 Å². The van der Waals surface area contributed by atoms with Crippen molar-refractivity contribution >= 4 is 17.0 Å². The van der Waals surface area contributed by atoms with Gasteiger partial charge in [-0.1, -0.05) is 13.0 Å². The highest BCUT2D eigenvalue weighted by Gasteiger charge is 2.05. The van der Waals surface area contributed by atoms with E-state index in [1.165, 1.54) is 6.07 Å². The van der Waals surface area contributed by atoms with E-state index in [2.05, 4.69) is 19.2 Å². The van der Waals surface area contributed by atoms with Crippen LogP contribution in [0.1, 0.15) is 25.8 Å². The molecule has 1 rings (SSSR count). The van der Waals surface area contributed by atoms with E-state index in [1.807, 2.05) is 6.07 Å². The van der Waals surface area contributed by atoms with Gasteiger partial charge in [0.05, 0.1) is 0 Å². The first-order valence-electron chi connectivity index (χ1n) is 5.37. The molecule has 3 N–H and O–H groups in total. The zero-order valence-corrected chi connectivity index (χ0v) is 11.4. The third-order valence-corrected chi connectivity index (χ3v) is 2.32. The maximum absolute atomic E-state index is 9.32. The topological polar surface area (TPSA) is 52.5 Å². The van der Waals surface area contributed by atoms with Gasteiger partial charge >= 0.3 is 0 Å². The number of rotatable bonds is 5. The fourth-order valence-electron chi connectivity index (χ4n) is 1.51. The highest BCUT2D eigenvalue weighted by Crippen LogP contribution is 2.25. The van der Waals surface area contributed by atoms with Crippen LogP contribution in [0.4, 0.5) is 0 Å². The van der Waals surface area contributed by atoms with Crippen molar-refractivity contribution in [3.63, 3.8) is 0 Å². The second-order valence-corrected chi connectivity index (χ2v) is 3.88. The minimum atomic E-state index is -0.0621. The van der Waals surface area contributed by atoms with Crippen molar-refractivity contribution < 1.29 is 10.2 Å². The molecule has 0 amide bonds. The predicted molar refractivity (Wildman–Crippen MR) is 71.6 cm³/mol. The summed E-state index contributed by atoms with van der Waals surface area (Å²) in [5.41, 5.74) is 1.03. The summed E-state index contributed by atoms with van der Waals surface area (Å²) in [5, 5.41) is 21.8. The first-order chi connectivity index (χ1) is 7.13. The molecule has 0 aromatic heterocycles. The van der Waals surface area contributed by atoms with Crippen LogP contribution in [0.3, 0.4) is 0 Å². The van der Waals surface area contributed by atoms with Gasteiger partial charge in [0, 0.05) is 6.04 Å². The summed E-state index contributed by atoms with van der Waals surface area (Å²) in [7, 11) is 0. The molecule has 0 aliphatic heterocycles. The summed E-state index contributed by atoms with van der Waals surface area (Å²) in [5.74, 6) is -0.108. The first-order valence-corrected chi connectivity index (χ1v) is 5.37. The first kappa shape index (κ1) is 15.3. The Morgan fingerprint density at radius 3 is 2.50 bits per heavy atom. The Kier molecular flexibility index (Phi) is 7.17. The molecule has 0 saturated heterocycles. The Morgan fingerprint density at radius 1 is 1.25 bits per heavy atom. The highest BCUT2D eigenvalue weighted by atomic mass is 79.9. The maximum Gasteiger partial charge on any atom is 0.157 e. The monoisotopic (exact) mass is 289 g/mol. The van der Waals surface area contributed by atoms with Crippen molar-refractivity contribution in [2.24, 2.45) is 0 Å². The average Bonchev–Trinajstić information content (AvgIpc) is 2.20. The fraction of sp³-hybridized carbons (Fsp3) is 0.500. The number of phenols is 2. The van der Waals surface area contributed by atoms with E-state index in [0.29, 0.717) is 6.04 Å². The summed E-state index contributed by atoms with van der Waals surface area (Å²) in [6, 6.07) is 5.35. The summed E-state index contributed by atoms with van der Waals surface area (Å²) in [6.07, 6.45) is 1.97. The van der Waals surface area contributed by atoms with Gasteiger partial charge in [-0.15, -0.1) is 17.0 Å². The highest BCUT2D eigenvalue weighted by molar-refractivity contribution is 8.93. The Labute approximate surface area is 107 Å². The molecule has 0 fully saturated rings. The molecular weight excluding hydrogens is 270 g/mol. The molecule has 0 saturated carbocycles. The van der Waals surface area contributed by atoms with Gasteiger partial charge in [0.1, 0.15) is 0 Å². The van der Waals surface area contributed by atoms with Gasteiger partial charge in [-0.05, 0) is 44.0 Å². The molecule has 1 atom stereocenters. The van der Waals surface area contributed by atoms with Crippen LogP contribution in [-0.2, 0) is 6.42 Å². The molecule has 0 bridgehead atoms. The predicted octanol–water partition coefficient (Wildman–Crippen LogP) is 2.61. The molecule has 1 aromatic carbocycles. The quantitative estimate of drug-likeness (QED) is 0.731. The van der Waals surface area contributed by atoms with E-state index < -0.39 is 0 Å². The Hall–Kier alpha value is -0.740. The molecule has 4 heteroatoms. The van der Waals surface area contributed by atoms with E-state index in [4.69, 9.17) is 5.11 Å². The summed E-state index contributed by atoms with van der Waals surface area (Å²) >= 11 is 0. The Morgan fingerprint density at radius 2 is 1.94 bits per heavy atom. The lowest BCUT2D eigenvalue weighted by Gasteiger charge is -2.13. The van der Waals surface area contributed by atoms with Crippen LogP contribution in [0.2, 0.25) is 0 Å². The standard InChI is InChI=1S/C12H19NO2.BrH/c1-3-6-13-9(2)7-10-4-5-11(14)12(15)8-10;/h4-5,8-9,13-15H,3,6-7H2,1-2H3;1H. The van der Waals surface area contributed by atoms with Crippen LogP contribution in [0, 0.1) is 0 Å². The van der Waals surface area contributed by atoms with Crippen LogP contribution < -0.4 is 5.32 Å². The Balaban J connectivity index is 0.00000225. The lowest BCUT2D eigenvalue weighted by atomic mass is 10.1. The van der Waals surface area contributed by atoms with E-state index in [-0.39, 0.29) is 28.5 Å². The normalized spacial score (nSPS) is 11.9. The minimum Gasteiger partial charge on any atom is -0.504 e. The molecule has 16 heavy (non-hydrogen) atoms. The van der Waals surface area contributed by atoms with E-state index >= 15 is 0 Å². The fourth-order valence-corrected chi connectivity index (χ4v) is 1.51. The van der Waals surface area contributed by atoms with Crippen molar-refractivity contribution in [1.82, 2.24) is 5.32 Å². The molecular formula is C12H20BrNO2. The third-order valence-electron chi connectivity index (χ3n) is 2.32. The van der Waals surface area contributed by atoms with Gasteiger partial charge in [-0.25, -0.2) is 0 Å². The lowest BCUT2D eigenvalue weighted by Crippen LogP contribution is -2.28. The average molecular weight is 290 g/mol. The van der Waals surface area contributed by atoms with E-state index in [0.717, 1.165) is 24.9 Å². The number of phenolic OH excluding ortho intramolecular Hbond substituents is 2. The SMILES string of the molecule is Br.CCCNC(C)Cc1ccc(O)c(O)c1. The number of nitrogens with one attached hydrogen (secondary N) is 1. The largest absolute Gasteiger partial charge is 0.504 e. The molecule has 1 aromatic rings. The van der Waals surface area contributed by atoms with Gasteiger partial charge in [-0.3, -0.25) is 0 Å². The third kappa shape index (κ3) is 4.86. The van der Waals surface area contributed by atoms with Crippen molar-refractivity contribution in [3.05, 3.63) is 23.8 Å². The van der Waals surface area contributed by atoms with Crippen LogP contribution in [0.5, 0.6) is 11.5 Å². The van der Waals surface area contributed by atoms with Crippen LogP contribution in [-0.4, -0.2) is 22.8 Å². The molecule has 0 aliphatic rings. The summed E-state index contributed by atoms with van der Waals surface area (Å²) < 4.78 is 0. The van der Waals surface area contributed by atoms with Gasteiger partial charge in [0.2, 0.25) is 0 Å². The molecule has 0 aliphatic carbocycles. The van der Waals surface area contributed by atoms with Crippen molar-refractivity contribution in [3.8, 4) is 11.5 Å². The van der Waals surface area contributed by atoms with Gasteiger partial charge in [0.15, 0.2) is 11.5 Å². The number of benzene rings is 1. The molecule has 92 valence electrons. The summed E-state index contributed by atoms with van der Waals surface area (Å²) in [4.78, 5) is 0. The van der Waals surface area contributed by atoms with Crippen LogP contribution in [0.15, 0.2) is 18.2 Å². The molecule has 0 heterocycles. The minimum absolute atomic E-state index is 0. The molecule has 0 spiro atoms. The lowest BCUT2D eigenvalue weighted by molar-refractivity contribution is 0.402. The number of halogens is 1. The zero-order chi connectivity index (χ0) is 11.3. The van der Waals surface area contributed by atoms with Gasteiger partial charge in [0.25, 0.3) is 0 Å².